The van der Waals surface area contributed by atoms with Crippen LogP contribution in [0.15, 0.2) is 56.7 Å². The molecule has 0 aromatic heterocycles. The number of nitrogens with zero attached hydrogens (tertiary/aromatic N) is 1. The molecular weight excluding hydrogens is 322 g/mol. The Morgan fingerprint density at radius 2 is 1.89 bits per heavy atom. The molecule has 0 heterocycles. The van der Waals surface area contributed by atoms with E-state index in [1.54, 1.807) is 24.8 Å². The Balaban J connectivity index is 2.37. The molecule has 0 aliphatic carbocycles. The molecule has 2 rings (SSSR count). The minimum absolute atomic E-state index is 0.550. The van der Waals surface area contributed by atoms with Crippen LogP contribution in [0, 0.1) is 11.3 Å². The fraction of sp³-hybridized carbons (Fsp3) is 0.133. The third kappa shape index (κ3) is 3.60. The summed E-state index contributed by atoms with van der Waals surface area (Å²) >= 11 is 4.95. The van der Waals surface area contributed by atoms with E-state index in [-0.39, 0.29) is 0 Å². The highest BCUT2D eigenvalue weighted by molar-refractivity contribution is 9.10. The normalized spacial score (nSPS) is 11.9. The molecule has 0 saturated carbocycles. The van der Waals surface area contributed by atoms with E-state index in [0.717, 1.165) is 19.8 Å². The van der Waals surface area contributed by atoms with Crippen LogP contribution in [0.2, 0.25) is 0 Å². The molecule has 0 saturated heterocycles. The predicted molar refractivity (Wildman–Crippen MR) is 80.1 cm³/mol. The van der Waals surface area contributed by atoms with Gasteiger partial charge in [-0.2, -0.15) is 5.26 Å². The minimum atomic E-state index is -0.550. The molecule has 1 atom stereocenters. The molecule has 0 radical (unpaired) electrons. The summed E-state index contributed by atoms with van der Waals surface area (Å²) in [5.41, 5.74) is 1.44. The standard InChI is InChI=1S/C15H12BrNOS/c1-10(18)14-7-2-11(9-17)8-15(14)19-13-5-3-12(16)4-6-13/h2-8,10,18H,1H3. The van der Waals surface area contributed by atoms with Crippen molar-refractivity contribution in [2.45, 2.75) is 22.8 Å². The van der Waals surface area contributed by atoms with Gasteiger partial charge in [0, 0.05) is 14.3 Å². The van der Waals surface area contributed by atoms with Gasteiger partial charge in [0.25, 0.3) is 0 Å². The smallest absolute Gasteiger partial charge is 0.0992 e. The van der Waals surface area contributed by atoms with Gasteiger partial charge in [-0.3, -0.25) is 0 Å². The molecule has 0 aliphatic rings. The van der Waals surface area contributed by atoms with E-state index in [4.69, 9.17) is 5.26 Å². The average Bonchev–Trinajstić information content (AvgIpc) is 2.41. The van der Waals surface area contributed by atoms with Crippen LogP contribution in [0.3, 0.4) is 0 Å². The number of rotatable bonds is 3. The second-order valence-electron chi connectivity index (χ2n) is 4.10. The van der Waals surface area contributed by atoms with Gasteiger partial charge in [0.1, 0.15) is 0 Å². The van der Waals surface area contributed by atoms with E-state index in [9.17, 15) is 5.11 Å². The van der Waals surface area contributed by atoms with E-state index in [1.807, 2.05) is 36.4 Å². The maximum Gasteiger partial charge on any atom is 0.0992 e. The predicted octanol–water partition coefficient (Wildman–Crippen LogP) is 4.53. The quantitative estimate of drug-likeness (QED) is 0.897. The first-order valence-corrected chi connectivity index (χ1v) is 7.36. The number of hydrogen-bond donors (Lipinski definition) is 1. The molecule has 0 amide bonds. The van der Waals surface area contributed by atoms with E-state index >= 15 is 0 Å². The van der Waals surface area contributed by atoms with Crippen molar-refractivity contribution in [3.05, 3.63) is 58.1 Å². The summed E-state index contributed by atoms with van der Waals surface area (Å²) in [6, 6.07) is 15.4. The van der Waals surface area contributed by atoms with Crippen LogP contribution in [-0.4, -0.2) is 5.11 Å². The third-order valence-electron chi connectivity index (χ3n) is 2.63. The van der Waals surface area contributed by atoms with Crippen LogP contribution in [0.25, 0.3) is 0 Å². The molecule has 19 heavy (non-hydrogen) atoms. The van der Waals surface area contributed by atoms with Crippen molar-refractivity contribution in [1.29, 1.82) is 5.26 Å². The van der Waals surface area contributed by atoms with Crippen molar-refractivity contribution >= 4 is 27.7 Å². The molecule has 0 bridgehead atoms. The van der Waals surface area contributed by atoms with E-state index in [2.05, 4.69) is 22.0 Å². The largest absolute Gasteiger partial charge is 0.389 e. The SMILES string of the molecule is CC(O)c1ccc(C#N)cc1Sc1ccc(Br)cc1. The second-order valence-corrected chi connectivity index (χ2v) is 6.13. The maximum atomic E-state index is 9.79. The number of halogens is 1. The zero-order chi connectivity index (χ0) is 13.8. The lowest BCUT2D eigenvalue weighted by Crippen LogP contribution is -1.94. The lowest BCUT2D eigenvalue weighted by molar-refractivity contribution is 0.196. The Labute approximate surface area is 125 Å². The molecule has 0 aliphatic heterocycles. The monoisotopic (exact) mass is 333 g/mol. The number of nitriles is 1. The highest BCUT2D eigenvalue weighted by atomic mass is 79.9. The van der Waals surface area contributed by atoms with Crippen molar-refractivity contribution in [3.63, 3.8) is 0 Å². The van der Waals surface area contributed by atoms with Crippen LogP contribution in [0.5, 0.6) is 0 Å². The van der Waals surface area contributed by atoms with Crippen molar-refractivity contribution in [3.8, 4) is 6.07 Å². The lowest BCUT2D eigenvalue weighted by atomic mass is 10.1. The van der Waals surface area contributed by atoms with Crippen LogP contribution in [0.1, 0.15) is 24.2 Å². The number of aliphatic hydroxyl groups excluding tert-OH is 1. The summed E-state index contributed by atoms with van der Waals surface area (Å²) in [5.74, 6) is 0. The molecule has 0 fully saturated rings. The summed E-state index contributed by atoms with van der Waals surface area (Å²) in [5, 5.41) is 18.8. The summed E-state index contributed by atoms with van der Waals surface area (Å²) in [6.07, 6.45) is -0.550. The van der Waals surface area contributed by atoms with Crippen LogP contribution in [0.4, 0.5) is 0 Å². The van der Waals surface area contributed by atoms with Crippen LogP contribution < -0.4 is 0 Å². The Kier molecular flexibility index (Phi) is 4.65. The van der Waals surface area contributed by atoms with Crippen molar-refractivity contribution in [2.24, 2.45) is 0 Å². The average molecular weight is 334 g/mol. The first-order valence-electron chi connectivity index (χ1n) is 5.75. The van der Waals surface area contributed by atoms with E-state index < -0.39 is 6.10 Å². The van der Waals surface area contributed by atoms with Crippen LogP contribution in [-0.2, 0) is 0 Å². The van der Waals surface area contributed by atoms with Gasteiger partial charge >= 0.3 is 0 Å². The molecule has 1 N–H and O–H groups in total. The number of aliphatic hydroxyl groups is 1. The molecule has 96 valence electrons. The highest BCUT2D eigenvalue weighted by Gasteiger charge is 2.10. The van der Waals surface area contributed by atoms with Gasteiger partial charge in [-0.25, -0.2) is 0 Å². The number of benzene rings is 2. The van der Waals surface area contributed by atoms with Crippen molar-refractivity contribution in [2.75, 3.05) is 0 Å². The van der Waals surface area contributed by atoms with Crippen molar-refractivity contribution < 1.29 is 5.11 Å². The highest BCUT2D eigenvalue weighted by Crippen LogP contribution is 2.34. The summed E-state index contributed by atoms with van der Waals surface area (Å²) in [6.45, 7) is 1.73. The van der Waals surface area contributed by atoms with Crippen molar-refractivity contribution in [1.82, 2.24) is 0 Å². The second kappa shape index (κ2) is 6.25. The molecule has 0 spiro atoms. The zero-order valence-electron chi connectivity index (χ0n) is 10.3. The van der Waals surface area contributed by atoms with Gasteiger partial charge in [-0.15, -0.1) is 0 Å². The van der Waals surface area contributed by atoms with Gasteiger partial charge in [-0.1, -0.05) is 33.8 Å². The molecule has 1 unspecified atom stereocenters. The Bertz CT molecular complexity index is 617. The van der Waals surface area contributed by atoms with Crippen LogP contribution >= 0.6 is 27.7 Å². The fourth-order valence-corrected chi connectivity index (χ4v) is 3.00. The topological polar surface area (TPSA) is 44.0 Å². The molecule has 2 aromatic carbocycles. The van der Waals surface area contributed by atoms with Gasteiger partial charge in [0.2, 0.25) is 0 Å². The summed E-state index contributed by atoms with van der Waals surface area (Å²) in [7, 11) is 0. The number of hydrogen-bond acceptors (Lipinski definition) is 3. The third-order valence-corrected chi connectivity index (χ3v) is 4.24. The first kappa shape index (κ1) is 14.1. The summed E-state index contributed by atoms with van der Waals surface area (Å²) in [4.78, 5) is 1.98. The lowest BCUT2D eigenvalue weighted by Gasteiger charge is -2.12. The Morgan fingerprint density at radius 3 is 2.47 bits per heavy atom. The van der Waals surface area contributed by atoms with Gasteiger partial charge in [0.15, 0.2) is 0 Å². The summed E-state index contributed by atoms with van der Waals surface area (Å²) < 4.78 is 1.03. The molecule has 2 aromatic rings. The molecule has 2 nitrogen and oxygen atoms in total. The Morgan fingerprint density at radius 1 is 1.21 bits per heavy atom. The molecular formula is C15H12BrNOS. The fourth-order valence-electron chi connectivity index (χ4n) is 1.67. The molecule has 4 heteroatoms. The first-order chi connectivity index (χ1) is 9.10. The van der Waals surface area contributed by atoms with Gasteiger partial charge in [0.05, 0.1) is 17.7 Å². The zero-order valence-corrected chi connectivity index (χ0v) is 12.7. The van der Waals surface area contributed by atoms with Gasteiger partial charge < -0.3 is 5.11 Å². The maximum absolute atomic E-state index is 9.79. The minimum Gasteiger partial charge on any atom is -0.389 e. The Hall–Kier alpha value is -1.28. The van der Waals surface area contributed by atoms with E-state index in [0.29, 0.717) is 5.56 Å². The van der Waals surface area contributed by atoms with Gasteiger partial charge in [-0.05, 0) is 48.9 Å². The van der Waals surface area contributed by atoms with E-state index in [1.165, 1.54) is 0 Å².